The molecule has 0 fully saturated rings. The van der Waals surface area contributed by atoms with E-state index < -0.39 is 5.60 Å². The highest BCUT2D eigenvalue weighted by molar-refractivity contribution is 5.82. The standard InChI is InChI=1S/C12H22O3/c1-6-7-11(13)15-12(4,5)8-9-14-10(2)3/h6-7,10H,8-9H2,1-5H3. The first-order valence-corrected chi connectivity index (χ1v) is 5.34. The predicted octanol–water partition coefficient (Wildman–Crippen LogP) is 2.70. The third-order valence-corrected chi connectivity index (χ3v) is 1.83. The van der Waals surface area contributed by atoms with Crippen LogP contribution in [-0.2, 0) is 14.3 Å². The lowest BCUT2D eigenvalue weighted by atomic mass is 10.1. The number of hydrogen-bond donors (Lipinski definition) is 0. The Morgan fingerprint density at radius 1 is 1.40 bits per heavy atom. The van der Waals surface area contributed by atoms with Crippen LogP contribution in [0.1, 0.15) is 41.0 Å². The lowest BCUT2D eigenvalue weighted by molar-refractivity contribution is -0.152. The molecular weight excluding hydrogens is 192 g/mol. The molecule has 3 heteroatoms. The van der Waals surface area contributed by atoms with Gasteiger partial charge >= 0.3 is 5.97 Å². The molecule has 0 heterocycles. The summed E-state index contributed by atoms with van der Waals surface area (Å²) in [6, 6.07) is 0. The van der Waals surface area contributed by atoms with Crippen LogP contribution in [0.4, 0.5) is 0 Å². The van der Waals surface area contributed by atoms with Crippen molar-refractivity contribution in [3.63, 3.8) is 0 Å². The molecule has 0 spiro atoms. The molecule has 0 atom stereocenters. The Kier molecular flexibility index (Phi) is 6.25. The molecule has 3 nitrogen and oxygen atoms in total. The van der Waals surface area contributed by atoms with Gasteiger partial charge in [0.05, 0.1) is 12.7 Å². The van der Waals surface area contributed by atoms with Gasteiger partial charge in [0.25, 0.3) is 0 Å². The molecule has 0 saturated carbocycles. The summed E-state index contributed by atoms with van der Waals surface area (Å²) in [6.07, 6.45) is 4.01. The Labute approximate surface area is 92.5 Å². The van der Waals surface area contributed by atoms with Gasteiger partial charge in [0.2, 0.25) is 0 Å². The Morgan fingerprint density at radius 3 is 2.47 bits per heavy atom. The van der Waals surface area contributed by atoms with Gasteiger partial charge in [0.1, 0.15) is 5.60 Å². The zero-order valence-corrected chi connectivity index (χ0v) is 10.4. The Hall–Kier alpha value is -0.830. The average Bonchev–Trinajstić information content (AvgIpc) is 2.01. The van der Waals surface area contributed by atoms with Gasteiger partial charge in [0.15, 0.2) is 0 Å². The Balaban J connectivity index is 3.90. The first-order valence-electron chi connectivity index (χ1n) is 5.34. The molecule has 0 bridgehead atoms. The van der Waals surface area contributed by atoms with E-state index in [1.54, 1.807) is 13.0 Å². The number of hydrogen-bond acceptors (Lipinski definition) is 3. The van der Waals surface area contributed by atoms with Crippen LogP contribution < -0.4 is 0 Å². The van der Waals surface area contributed by atoms with E-state index in [0.717, 1.165) is 0 Å². The smallest absolute Gasteiger partial charge is 0.330 e. The van der Waals surface area contributed by atoms with Gasteiger partial charge in [-0.1, -0.05) is 6.08 Å². The summed E-state index contributed by atoms with van der Waals surface area (Å²) in [5.41, 5.74) is -0.467. The van der Waals surface area contributed by atoms with Crippen LogP contribution in [0.5, 0.6) is 0 Å². The largest absolute Gasteiger partial charge is 0.456 e. The molecule has 0 N–H and O–H groups in total. The number of esters is 1. The minimum atomic E-state index is -0.467. The van der Waals surface area contributed by atoms with Crippen LogP contribution in [0.3, 0.4) is 0 Å². The molecule has 0 aromatic rings. The zero-order valence-electron chi connectivity index (χ0n) is 10.4. The summed E-state index contributed by atoms with van der Waals surface area (Å²) in [5.74, 6) is -0.299. The summed E-state index contributed by atoms with van der Waals surface area (Å²) in [5, 5.41) is 0. The van der Waals surface area contributed by atoms with Crippen molar-refractivity contribution < 1.29 is 14.3 Å². The monoisotopic (exact) mass is 214 g/mol. The van der Waals surface area contributed by atoms with E-state index in [1.807, 2.05) is 27.7 Å². The van der Waals surface area contributed by atoms with Crippen molar-refractivity contribution in [2.45, 2.75) is 52.7 Å². The van der Waals surface area contributed by atoms with Crippen LogP contribution in [0.2, 0.25) is 0 Å². The quantitative estimate of drug-likeness (QED) is 0.503. The second kappa shape index (κ2) is 6.62. The Bertz CT molecular complexity index is 217. The summed E-state index contributed by atoms with van der Waals surface area (Å²) >= 11 is 0. The lowest BCUT2D eigenvalue weighted by Gasteiger charge is -2.24. The van der Waals surface area contributed by atoms with E-state index in [1.165, 1.54) is 6.08 Å². The lowest BCUT2D eigenvalue weighted by Crippen LogP contribution is -2.29. The second-order valence-electron chi connectivity index (χ2n) is 4.35. The molecule has 0 aliphatic carbocycles. The van der Waals surface area contributed by atoms with E-state index in [2.05, 4.69) is 0 Å². The summed E-state index contributed by atoms with van der Waals surface area (Å²) < 4.78 is 10.7. The second-order valence-corrected chi connectivity index (χ2v) is 4.35. The van der Waals surface area contributed by atoms with Crippen molar-refractivity contribution in [1.82, 2.24) is 0 Å². The first kappa shape index (κ1) is 14.2. The van der Waals surface area contributed by atoms with Crippen LogP contribution in [0.15, 0.2) is 12.2 Å². The maximum absolute atomic E-state index is 11.2. The molecule has 0 radical (unpaired) electrons. The minimum absolute atomic E-state index is 0.215. The topological polar surface area (TPSA) is 35.5 Å². The normalized spacial score (nSPS) is 12.4. The van der Waals surface area contributed by atoms with E-state index >= 15 is 0 Å². The predicted molar refractivity (Wildman–Crippen MR) is 60.7 cm³/mol. The highest BCUT2D eigenvalue weighted by Gasteiger charge is 2.21. The van der Waals surface area contributed by atoms with Crippen LogP contribution >= 0.6 is 0 Å². The molecule has 0 aromatic heterocycles. The SMILES string of the molecule is CC=CC(=O)OC(C)(C)CCOC(C)C. The van der Waals surface area contributed by atoms with Gasteiger partial charge in [-0.05, 0) is 34.6 Å². The molecule has 0 aromatic carbocycles. The molecule has 0 saturated heterocycles. The highest BCUT2D eigenvalue weighted by Crippen LogP contribution is 2.15. The maximum Gasteiger partial charge on any atom is 0.330 e. The molecular formula is C12H22O3. The van der Waals surface area contributed by atoms with Crippen molar-refractivity contribution in [3.05, 3.63) is 12.2 Å². The number of rotatable bonds is 6. The van der Waals surface area contributed by atoms with Crippen molar-refractivity contribution >= 4 is 5.97 Å². The third kappa shape index (κ3) is 8.18. The fourth-order valence-corrected chi connectivity index (χ4v) is 1.03. The van der Waals surface area contributed by atoms with E-state index in [9.17, 15) is 4.79 Å². The molecule has 0 unspecified atom stereocenters. The third-order valence-electron chi connectivity index (χ3n) is 1.83. The number of carbonyl (C=O) groups excluding carboxylic acids is 1. The van der Waals surface area contributed by atoms with E-state index in [4.69, 9.17) is 9.47 Å². The number of carbonyl (C=O) groups is 1. The van der Waals surface area contributed by atoms with Crippen LogP contribution in [-0.4, -0.2) is 24.3 Å². The highest BCUT2D eigenvalue weighted by atomic mass is 16.6. The molecule has 0 aliphatic heterocycles. The van der Waals surface area contributed by atoms with Crippen LogP contribution in [0, 0.1) is 0 Å². The zero-order chi connectivity index (χ0) is 11.9. The molecule has 0 rings (SSSR count). The van der Waals surface area contributed by atoms with Crippen molar-refractivity contribution in [2.24, 2.45) is 0 Å². The maximum atomic E-state index is 11.2. The van der Waals surface area contributed by atoms with Gasteiger partial charge in [-0.2, -0.15) is 0 Å². The number of allylic oxidation sites excluding steroid dienone is 1. The van der Waals surface area contributed by atoms with Crippen LogP contribution in [0.25, 0.3) is 0 Å². The number of ether oxygens (including phenoxy) is 2. The van der Waals surface area contributed by atoms with Crippen molar-refractivity contribution in [1.29, 1.82) is 0 Å². The van der Waals surface area contributed by atoms with Gasteiger partial charge in [0, 0.05) is 12.5 Å². The minimum Gasteiger partial charge on any atom is -0.456 e. The summed E-state index contributed by atoms with van der Waals surface area (Å²) in [6.45, 7) is 10.1. The fourth-order valence-electron chi connectivity index (χ4n) is 1.03. The molecule has 0 amide bonds. The van der Waals surface area contributed by atoms with E-state index in [0.29, 0.717) is 13.0 Å². The van der Waals surface area contributed by atoms with Crippen molar-refractivity contribution in [2.75, 3.05) is 6.61 Å². The summed E-state index contributed by atoms with van der Waals surface area (Å²) in [4.78, 5) is 11.2. The van der Waals surface area contributed by atoms with Gasteiger partial charge in [-0.25, -0.2) is 4.79 Å². The van der Waals surface area contributed by atoms with Gasteiger partial charge in [-0.15, -0.1) is 0 Å². The van der Waals surface area contributed by atoms with E-state index in [-0.39, 0.29) is 12.1 Å². The Morgan fingerprint density at radius 2 is 2.00 bits per heavy atom. The molecule has 15 heavy (non-hydrogen) atoms. The first-order chi connectivity index (χ1) is 6.87. The molecule has 0 aliphatic rings. The summed E-state index contributed by atoms with van der Waals surface area (Å²) in [7, 11) is 0. The van der Waals surface area contributed by atoms with Crippen molar-refractivity contribution in [3.8, 4) is 0 Å². The molecule has 88 valence electrons. The van der Waals surface area contributed by atoms with Gasteiger partial charge < -0.3 is 9.47 Å². The fraction of sp³-hybridized carbons (Fsp3) is 0.750. The van der Waals surface area contributed by atoms with Gasteiger partial charge in [-0.3, -0.25) is 0 Å². The average molecular weight is 214 g/mol.